The third-order valence-corrected chi connectivity index (χ3v) is 6.91. The fourth-order valence-corrected chi connectivity index (χ4v) is 5.44. The van der Waals surface area contributed by atoms with Crippen molar-refractivity contribution in [2.75, 3.05) is 11.3 Å². The Labute approximate surface area is 169 Å². The van der Waals surface area contributed by atoms with Crippen LogP contribution >= 0.6 is 27.3 Å². The second-order valence-electron chi connectivity index (χ2n) is 5.32. The molecule has 0 unspecified atom stereocenters. The highest BCUT2D eigenvalue weighted by Crippen LogP contribution is 2.33. The molecule has 0 aliphatic rings. The number of rotatable bonds is 6. The first kappa shape index (κ1) is 19.5. The van der Waals surface area contributed by atoms with Gasteiger partial charge in [0.05, 0.1) is 12.3 Å². The molecule has 0 aliphatic heterocycles. The molecule has 27 heavy (non-hydrogen) atoms. The monoisotopic (exact) mass is 466 g/mol. The van der Waals surface area contributed by atoms with Gasteiger partial charge >= 0.3 is 5.97 Å². The molecule has 0 atom stereocenters. The van der Waals surface area contributed by atoms with E-state index in [0.29, 0.717) is 15.7 Å². The van der Waals surface area contributed by atoms with E-state index in [-0.39, 0.29) is 21.5 Å². The summed E-state index contributed by atoms with van der Waals surface area (Å²) in [7, 11) is -3.87. The van der Waals surface area contributed by atoms with Crippen molar-refractivity contribution in [3.05, 3.63) is 63.9 Å². The van der Waals surface area contributed by atoms with Crippen LogP contribution in [0.4, 0.5) is 5.13 Å². The minimum absolute atomic E-state index is 0.0825. The van der Waals surface area contributed by atoms with Crippen LogP contribution in [0, 0.1) is 0 Å². The lowest BCUT2D eigenvalue weighted by atomic mass is 10.1. The van der Waals surface area contributed by atoms with E-state index in [0.717, 1.165) is 11.3 Å². The Morgan fingerprint density at radius 3 is 2.48 bits per heavy atom. The SMILES string of the molecule is CCOC(=O)c1sc(NS(=O)(=O)c2ccccc2Br)nc1-c1ccccc1. The summed E-state index contributed by atoms with van der Waals surface area (Å²) >= 11 is 4.17. The molecule has 0 aliphatic carbocycles. The van der Waals surface area contributed by atoms with Gasteiger partial charge in [0.1, 0.15) is 9.77 Å². The van der Waals surface area contributed by atoms with Gasteiger partial charge in [-0.3, -0.25) is 4.72 Å². The Bertz CT molecular complexity index is 1070. The van der Waals surface area contributed by atoms with Gasteiger partial charge in [-0.15, -0.1) is 0 Å². The summed E-state index contributed by atoms with van der Waals surface area (Å²) in [6, 6.07) is 15.5. The first-order valence-corrected chi connectivity index (χ1v) is 11.0. The highest BCUT2D eigenvalue weighted by molar-refractivity contribution is 9.10. The van der Waals surface area contributed by atoms with Crippen molar-refractivity contribution >= 4 is 48.4 Å². The van der Waals surface area contributed by atoms with Gasteiger partial charge in [-0.2, -0.15) is 0 Å². The number of carbonyl (C=O) groups excluding carboxylic acids is 1. The van der Waals surface area contributed by atoms with Gasteiger partial charge in [-0.05, 0) is 35.0 Å². The number of carbonyl (C=O) groups is 1. The third kappa shape index (κ3) is 4.37. The average molecular weight is 467 g/mol. The van der Waals surface area contributed by atoms with Crippen LogP contribution in [0.3, 0.4) is 0 Å². The molecule has 1 N–H and O–H groups in total. The largest absolute Gasteiger partial charge is 0.462 e. The fourth-order valence-electron chi connectivity index (χ4n) is 2.32. The van der Waals surface area contributed by atoms with Crippen LogP contribution in [0.2, 0.25) is 0 Å². The maximum Gasteiger partial charge on any atom is 0.350 e. The summed E-state index contributed by atoms with van der Waals surface area (Å²) in [4.78, 5) is 17.0. The fraction of sp³-hybridized carbons (Fsp3) is 0.111. The minimum Gasteiger partial charge on any atom is -0.462 e. The molecular weight excluding hydrogens is 452 g/mol. The molecule has 0 amide bonds. The molecule has 3 aromatic rings. The molecule has 140 valence electrons. The second-order valence-corrected chi connectivity index (χ2v) is 8.82. The first-order valence-electron chi connectivity index (χ1n) is 7.93. The van der Waals surface area contributed by atoms with Crippen LogP contribution in [-0.4, -0.2) is 26.0 Å². The van der Waals surface area contributed by atoms with Crippen molar-refractivity contribution in [2.24, 2.45) is 0 Å². The highest BCUT2D eigenvalue weighted by atomic mass is 79.9. The molecular formula is C18H15BrN2O4S2. The number of nitrogens with one attached hydrogen (secondary N) is 1. The highest BCUT2D eigenvalue weighted by Gasteiger charge is 2.24. The molecule has 0 radical (unpaired) electrons. The van der Waals surface area contributed by atoms with Crippen molar-refractivity contribution in [3.8, 4) is 11.3 Å². The summed E-state index contributed by atoms with van der Waals surface area (Å²) in [5.74, 6) is -0.541. The molecule has 0 saturated heterocycles. The lowest BCUT2D eigenvalue weighted by Gasteiger charge is -2.06. The molecule has 6 nitrogen and oxygen atoms in total. The predicted octanol–water partition coefficient (Wildman–Crippen LogP) is 4.55. The van der Waals surface area contributed by atoms with E-state index in [2.05, 4.69) is 25.6 Å². The zero-order chi connectivity index (χ0) is 19.4. The number of aromatic nitrogens is 1. The van der Waals surface area contributed by atoms with Crippen LogP contribution in [-0.2, 0) is 14.8 Å². The number of thiazole rings is 1. The van der Waals surface area contributed by atoms with E-state index >= 15 is 0 Å². The molecule has 0 fully saturated rings. The predicted molar refractivity (Wildman–Crippen MR) is 108 cm³/mol. The molecule has 9 heteroatoms. The van der Waals surface area contributed by atoms with Gasteiger partial charge in [0.15, 0.2) is 5.13 Å². The third-order valence-electron chi connectivity index (χ3n) is 3.48. The number of anilines is 1. The molecule has 0 bridgehead atoms. The maximum atomic E-state index is 12.7. The topological polar surface area (TPSA) is 85.4 Å². The maximum absolute atomic E-state index is 12.7. The number of hydrogen-bond donors (Lipinski definition) is 1. The Balaban J connectivity index is 2.02. The normalized spacial score (nSPS) is 11.2. The lowest BCUT2D eigenvalue weighted by molar-refractivity contribution is 0.0532. The van der Waals surface area contributed by atoms with Crippen molar-refractivity contribution in [3.63, 3.8) is 0 Å². The number of hydrogen-bond acceptors (Lipinski definition) is 6. The molecule has 1 aromatic heterocycles. The zero-order valence-corrected chi connectivity index (χ0v) is 17.4. The van der Waals surface area contributed by atoms with Crippen molar-refractivity contribution in [2.45, 2.75) is 11.8 Å². The van der Waals surface area contributed by atoms with Gasteiger partial charge in [-0.1, -0.05) is 53.8 Å². The van der Waals surface area contributed by atoms with E-state index in [4.69, 9.17) is 4.74 Å². The Hall–Kier alpha value is -2.23. The zero-order valence-electron chi connectivity index (χ0n) is 14.2. The Morgan fingerprint density at radius 1 is 1.15 bits per heavy atom. The van der Waals surface area contributed by atoms with Crippen LogP contribution in [0.25, 0.3) is 11.3 Å². The number of halogens is 1. The van der Waals surface area contributed by atoms with Gasteiger partial charge < -0.3 is 4.74 Å². The number of esters is 1. The molecule has 3 rings (SSSR count). The van der Waals surface area contributed by atoms with E-state index in [1.54, 1.807) is 37.3 Å². The number of ether oxygens (including phenoxy) is 1. The summed E-state index contributed by atoms with van der Waals surface area (Å²) < 4.78 is 33.3. The molecule has 1 heterocycles. The smallest absolute Gasteiger partial charge is 0.350 e. The standard InChI is InChI=1S/C18H15BrN2O4S2/c1-2-25-17(22)16-15(12-8-4-3-5-9-12)20-18(26-16)21-27(23,24)14-11-7-6-10-13(14)19/h3-11H,2H2,1H3,(H,20,21). The minimum atomic E-state index is -3.87. The van der Waals surface area contributed by atoms with Crippen LogP contribution < -0.4 is 4.72 Å². The summed E-state index contributed by atoms with van der Waals surface area (Å²) in [5, 5.41) is 0.0904. The average Bonchev–Trinajstić information content (AvgIpc) is 3.06. The molecule has 2 aromatic carbocycles. The van der Waals surface area contributed by atoms with E-state index in [1.165, 1.54) is 6.07 Å². The summed E-state index contributed by atoms with van der Waals surface area (Å²) in [6.45, 7) is 1.92. The molecule has 0 spiro atoms. The quantitative estimate of drug-likeness (QED) is 0.538. The Kier molecular flexibility index (Phi) is 5.93. The first-order chi connectivity index (χ1) is 12.9. The number of sulfonamides is 1. The van der Waals surface area contributed by atoms with E-state index in [9.17, 15) is 13.2 Å². The number of benzene rings is 2. The lowest BCUT2D eigenvalue weighted by Crippen LogP contribution is -2.13. The van der Waals surface area contributed by atoms with Crippen LogP contribution in [0.1, 0.15) is 16.6 Å². The van der Waals surface area contributed by atoms with Crippen LogP contribution in [0.5, 0.6) is 0 Å². The van der Waals surface area contributed by atoms with Gasteiger partial charge in [-0.25, -0.2) is 18.2 Å². The van der Waals surface area contributed by atoms with E-state index in [1.807, 2.05) is 18.2 Å². The summed E-state index contributed by atoms with van der Waals surface area (Å²) in [6.07, 6.45) is 0. The summed E-state index contributed by atoms with van der Waals surface area (Å²) in [5.41, 5.74) is 1.08. The van der Waals surface area contributed by atoms with Crippen molar-refractivity contribution in [1.82, 2.24) is 4.98 Å². The van der Waals surface area contributed by atoms with Crippen molar-refractivity contribution in [1.29, 1.82) is 0 Å². The number of nitrogens with zero attached hydrogens (tertiary/aromatic N) is 1. The van der Waals surface area contributed by atoms with Crippen LogP contribution in [0.15, 0.2) is 64.0 Å². The van der Waals surface area contributed by atoms with Crippen molar-refractivity contribution < 1.29 is 17.9 Å². The van der Waals surface area contributed by atoms with E-state index < -0.39 is 16.0 Å². The van der Waals surface area contributed by atoms with Gasteiger partial charge in [0.25, 0.3) is 10.0 Å². The second kappa shape index (κ2) is 8.20. The van der Waals surface area contributed by atoms with Gasteiger partial charge in [0, 0.05) is 10.0 Å². The Morgan fingerprint density at radius 2 is 1.81 bits per heavy atom. The molecule has 0 saturated carbocycles. The van der Waals surface area contributed by atoms with Gasteiger partial charge in [0.2, 0.25) is 0 Å².